The first-order valence-corrected chi connectivity index (χ1v) is 4.62. The highest BCUT2D eigenvalue weighted by Gasteiger charge is 1.92. The fraction of sp³-hybridized carbons (Fsp3) is 0.600. The minimum absolute atomic E-state index is 0.0635. The largest absolute Gasteiger partial charge is 0.353 e. The number of hydrogen-bond donors (Lipinski definition) is 1. The van der Waals surface area contributed by atoms with Gasteiger partial charge >= 0.3 is 0 Å². The summed E-state index contributed by atoms with van der Waals surface area (Å²) in [6.45, 7) is 2.65. The summed E-state index contributed by atoms with van der Waals surface area (Å²) in [5.41, 5.74) is 0. The number of nitrogens with one attached hydrogen (secondary N) is 1. The van der Waals surface area contributed by atoms with Crippen molar-refractivity contribution in [1.82, 2.24) is 5.32 Å². The number of amides is 1. The molecule has 0 unspecified atom stereocenters. The summed E-state index contributed by atoms with van der Waals surface area (Å²) in [5, 5.41) is 10.9. The summed E-state index contributed by atoms with van der Waals surface area (Å²) < 4.78 is 0. The maximum Gasteiger partial charge on any atom is 0.243 e. The van der Waals surface area contributed by atoms with Gasteiger partial charge in [-0.3, -0.25) is 4.79 Å². The zero-order valence-electron chi connectivity index (χ0n) is 8.05. The van der Waals surface area contributed by atoms with Crippen LogP contribution in [0.15, 0.2) is 12.2 Å². The summed E-state index contributed by atoms with van der Waals surface area (Å²) in [4.78, 5) is 11.0. The molecule has 0 spiro atoms. The van der Waals surface area contributed by atoms with Gasteiger partial charge in [-0.05, 0) is 18.9 Å². The topological polar surface area (TPSA) is 52.9 Å². The minimum atomic E-state index is -0.0635. The molecule has 1 amide bonds. The van der Waals surface area contributed by atoms with Crippen molar-refractivity contribution in [2.45, 2.75) is 32.6 Å². The molecule has 0 heterocycles. The van der Waals surface area contributed by atoms with Crippen LogP contribution in [0.1, 0.15) is 32.6 Å². The Hall–Kier alpha value is -1.30. The number of carbonyl (C=O) groups excluding carboxylic acids is 1. The van der Waals surface area contributed by atoms with Gasteiger partial charge in [0.2, 0.25) is 5.91 Å². The molecule has 0 aromatic rings. The number of unbranched alkanes of at least 4 members (excludes halogenated alkanes) is 2. The Balaban J connectivity index is 3.36. The highest BCUT2D eigenvalue weighted by Crippen LogP contribution is 1.88. The van der Waals surface area contributed by atoms with Crippen molar-refractivity contribution >= 4 is 5.91 Å². The molecule has 0 aliphatic rings. The summed E-state index contributed by atoms with van der Waals surface area (Å²) in [5.74, 6) is -0.0635. The first kappa shape index (κ1) is 11.7. The number of nitrogens with zero attached hydrogens (tertiary/aromatic N) is 1. The van der Waals surface area contributed by atoms with E-state index in [-0.39, 0.29) is 5.91 Å². The summed E-state index contributed by atoms with van der Waals surface area (Å²) in [7, 11) is 0. The molecule has 0 radical (unpaired) electrons. The van der Waals surface area contributed by atoms with E-state index in [0.717, 1.165) is 19.3 Å². The first-order chi connectivity index (χ1) is 6.31. The number of nitriles is 1. The van der Waals surface area contributed by atoms with Crippen LogP contribution in [-0.4, -0.2) is 12.5 Å². The van der Waals surface area contributed by atoms with Gasteiger partial charge in [0.05, 0.1) is 6.07 Å². The maximum atomic E-state index is 11.0. The summed E-state index contributed by atoms with van der Waals surface area (Å²) >= 11 is 0. The molecule has 0 aromatic carbocycles. The van der Waals surface area contributed by atoms with E-state index in [0.29, 0.717) is 13.0 Å². The quantitative estimate of drug-likeness (QED) is 0.500. The van der Waals surface area contributed by atoms with Gasteiger partial charge in [-0.1, -0.05) is 19.4 Å². The molecule has 0 atom stereocenters. The average Bonchev–Trinajstić information content (AvgIpc) is 2.13. The molecule has 72 valence electrons. The Morgan fingerprint density at radius 1 is 1.62 bits per heavy atom. The van der Waals surface area contributed by atoms with Crippen molar-refractivity contribution in [1.29, 1.82) is 5.26 Å². The number of carbonyl (C=O) groups is 1. The fourth-order valence-corrected chi connectivity index (χ4v) is 0.795. The lowest BCUT2D eigenvalue weighted by Gasteiger charge is -1.97. The summed E-state index contributed by atoms with van der Waals surface area (Å²) in [6, 6.07) is 2.02. The highest BCUT2D eigenvalue weighted by atomic mass is 16.1. The van der Waals surface area contributed by atoms with E-state index < -0.39 is 0 Å². The van der Waals surface area contributed by atoms with Crippen molar-refractivity contribution in [3.05, 3.63) is 12.2 Å². The highest BCUT2D eigenvalue weighted by molar-refractivity contribution is 5.87. The molecule has 0 bridgehead atoms. The molecule has 0 saturated heterocycles. The molecule has 0 rings (SSSR count). The molecule has 1 N–H and O–H groups in total. The Kier molecular flexibility index (Phi) is 7.91. The number of hydrogen-bond acceptors (Lipinski definition) is 2. The van der Waals surface area contributed by atoms with Crippen molar-refractivity contribution in [3.63, 3.8) is 0 Å². The second-order valence-corrected chi connectivity index (χ2v) is 2.74. The van der Waals surface area contributed by atoms with Crippen LogP contribution in [0.2, 0.25) is 0 Å². The van der Waals surface area contributed by atoms with Crippen molar-refractivity contribution < 1.29 is 4.79 Å². The lowest BCUT2D eigenvalue weighted by Crippen LogP contribution is -2.21. The van der Waals surface area contributed by atoms with Crippen LogP contribution in [0.4, 0.5) is 0 Å². The molecule has 3 nitrogen and oxygen atoms in total. The zero-order valence-corrected chi connectivity index (χ0v) is 8.05. The Labute approximate surface area is 79.4 Å². The van der Waals surface area contributed by atoms with Crippen molar-refractivity contribution in [2.75, 3.05) is 6.54 Å². The van der Waals surface area contributed by atoms with Gasteiger partial charge in [0.1, 0.15) is 0 Å². The van der Waals surface area contributed by atoms with Gasteiger partial charge < -0.3 is 5.32 Å². The normalized spacial score (nSPS) is 9.85. The molecule has 0 aliphatic heterocycles. The van der Waals surface area contributed by atoms with E-state index in [1.807, 2.05) is 12.1 Å². The maximum absolute atomic E-state index is 11.0. The Bertz CT molecular complexity index is 203. The van der Waals surface area contributed by atoms with E-state index in [2.05, 4.69) is 12.2 Å². The summed E-state index contributed by atoms with van der Waals surface area (Å²) in [6.07, 6.45) is 6.63. The van der Waals surface area contributed by atoms with Gasteiger partial charge in [0.15, 0.2) is 0 Å². The predicted octanol–water partition coefficient (Wildman–Crippen LogP) is 1.76. The van der Waals surface area contributed by atoms with Crippen LogP contribution in [0.25, 0.3) is 0 Å². The lowest BCUT2D eigenvalue weighted by atomic mass is 10.3. The van der Waals surface area contributed by atoms with Gasteiger partial charge in [-0.25, -0.2) is 0 Å². The van der Waals surface area contributed by atoms with Gasteiger partial charge in [0.25, 0.3) is 0 Å². The van der Waals surface area contributed by atoms with E-state index >= 15 is 0 Å². The predicted molar refractivity (Wildman–Crippen MR) is 51.9 cm³/mol. The Morgan fingerprint density at radius 3 is 3.00 bits per heavy atom. The first-order valence-electron chi connectivity index (χ1n) is 4.62. The SMILES string of the molecule is CCC/C=C/C(=O)NCCCC#N. The second kappa shape index (κ2) is 8.79. The molecular formula is C10H16N2O. The van der Waals surface area contributed by atoms with Gasteiger partial charge in [-0.15, -0.1) is 0 Å². The number of rotatable bonds is 6. The van der Waals surface area contributed by atoms with E-state index in [1.165, 1.54) is 0 Å². The minimum Gasteiger partial charge on any atom is -0.353 e. The fourth-order valence-electron chi connectivity index (χ4n) is 0.795. The molecule has 0 aliphatic carbocycles. The monoisotopic (exact) mass is 180 g/mol. The smallest absolute Gasteiger partial charge is 0.243 e. The van der Waals surface area contributed by atoms with Crippen LogP contribution in [0, 0.1) is 11.3 Å². The third kappa shape index (κ3) is 8.61. The molecule has 0 fully saturated rings. The van der Waals surface area contributed by atoms with Crippen molar-refractivity contribution in [3.8, 4) is 6.07 Å². The molecule has 3 heteroatoms. The van der Waals surface area contributed by atoms with Crippen LogP contribution >= 0.6 is 0 Å². The van der Waals surface area contributed by atoms with E-state index in [1.54, 1.807) is 6.08 Å². The van der Waals surface area contributed by atoms with Crippen LogP contribution in [0.5, 0.6) is 0 Å². The average molecular weight is 180 g/mol. The van der Waals surface area contributed by atoms with Gasteiger partial charge in [0, 0.05) is 13.0 Å². The standard InChI is InChI=1S/C10H16N2O/c1-2-3-4-7-10(13)12-9-6-5-8-11/h4,7H,2-3,5-6,9H2,1H3,(H,12,13)/b7-4+. The van der Waals surface area contributed by atoms with Crippen LogP contribution < -0.4 is 5.32 Å². The van der Waals surface area contributed by atoms with E-state index in [9.17, 15) is 4.79 Å². The molecule has 0 saturated carbocycles. The van der Waals surface area contributed by atoms with Crippen LogP contribution in [-0.2, 0) is 4.79 Å². The zero-order chi connectivity index (χ0) is 9.94. The Morgan fingerprint density at radius 2 is 2.38 bits per heavy atom. The third-order valence-electron chi connectivity index (χ3n) is 1.49. The molecular weight excluding hydrogens is 164 g/mol. The third-order valence-corrected chi connectivity index (χ3v) is 1.49. The second-order valence-electron chi connectivity index (χ2n) is 2.74. The van der Waals surface area contributed by atoms with Gasteiger partial charge in [-0.2, -0.15) is 5.26 Å². The number of allylic oxidation sites excluding steroid dienone is 1. The van der Waals surface area contributed by atoms with Crippen LogP contribution in [0.3, 0.4) is 0 Å². The molecule has 13 heavy (non-hydrogen) atoms. The molecule has 0 aromatic heterocycles. The lowest BCUT2D eigenvalue weighted by molar-refractivity contribution is -0.116. The van der Waals surface area contributed by atoms with E-state index in [4.69, 9.17) is 5.26 Å². The van der Waals surface area contributed by atoms with Crippen molar-refractivity contribution in [2.24, 2.45) is 0 Å².